The number of nitrogens with one attached hydrogen (secondary N) is 2. The van der Waals surface area contributed by atoms with Crippen LogP contribution in [0.1, 0.15) is 31.8 Å². The van der Waals surface area contributed by atoms with E-state index in [1.165, 1.54) is 18.9 Å². The molecule has 6 heteroatoms. The SMILES string of the molecule is COC(=O)c1ccccc1NC(=O)c1cncc(NCc2ccc(C)cc2)c1. The Bertz CT molecular complexity index is 984. The smallest absolute Gasteiger partial charge is 0.339 e. The second kappa shape index (κ2) is 8.81. The van der Waals surface area contributed by atoms with Crippen LogP contribution in [0.5, 0.6) is 0 Å². The van der Waals surface area contributed by atoms with E-state index in [1.54, 1.807) is 36.5 Å². The Morgan fingerprint density at radius 2 is 1.79 bits per heavy atom. The van der Waals surface area contributed by atoms with Gasteiger partial charge in [-0.1, -0.05) is 42.0 Å². The van der Waals surface area contributed by atoms with Crippen molar-refractivity contribution in [3.05, 3.63) is 89.2 Å². The first-order chi connectivity index (χ1) is 13.6. The van der Waals surface area contributed by atoms with Gasteiger partial charge >= 0.3 is 5.97 Å². The zero-order chi connectivity index (χ0) is 19.9. The van der Waals surface area contributed by atoms with Gasteiger partial charge in [0.15, 0.2) is 0 Å². The first-order valence-electron chi connectivity index (χ1n) is 8.80. The van der Waals surface area contributed by atoms with Crippen LogP contribution in [0.3, 0.4) is 0 Å². The number of hydrogen-bond donors (Lipinski definition) is 2. The maximum absolute atomic E-state index is 12.6. The molecule has 0 saturated carbocycles. The highest BCUT2D eigenvalue weighted by molar-refractivity contribution is 6.08. The van der Waals surface area contributed by atoms with Crippen molar-refractivity contribution < 1.29 is 14.3 Å². The minimum atomic E-state index is -0.512. The number of benzene rings is 2. The summed E-state index contributed by atoms with van der Waals surface area (Å²) in [7, 11) is 1.30. The highest BCUT2D eigenvalue weighted by Gasteiger charge is 2.14. The van der Waals surface area contributed by atoms with Gasteiger partial charge in [0, 0.05) is 18.9 Å². The minimum Gasteiger partial charge on any atom is -0.465 e. The van der Waals surface area contributed by atoms with Crippen molar-refractivity contribution in [1.29, 1.82) is 0 Å². The first-order valence-corrected chi connectivity index (χ1v) is 8.80. The number of methoxy groups -OCH3 is 1. The number of carbonyl (C=O) groups excluding carboxylic acids is 2. The van der Waals surface area contributed by atoms with Gasteiger partial charge in [-0.2, -0.15) is 0 Å². The molecule has 0 fully saturated rings. The largest absolute Gasteiger partial charge is 0.465 e. The summed E-state index contributed by atoms with van der Waals surface area (Å²) in [6.07, 6.45) is 3.14. The highest BCUT2D eigenvalue weighted by Crippen LogP contribution is 2.18. The number of nitrogens with zero attached hydrogens (tertiary/aromatic N) is 1. The summed E-state index contributed by atoms with van der Waals surface area (Å²) in [5, 5.41) is 6.00. The van der Waals surface area contributed by atoms with Crippen LogP contribution in [0, 0.1) is 6.92 Å². The number of aryl methyl sites for hydroxylation is 1. The van der Waals surface area contributed by atoms with Gasteiger partial charge in [0.2, 0.25) is 0 Å². The summed E-state index contributed by atoms with van der Waals surface area (Å²) < 4.78 is 4.75. The van der Waals surface area contributed by atoms with Gasteiger partial charge in [0.1, 0.15) is 0 Å². The van der Waals surface area contributed by atoms with Crippen molar-refractivity contribution in [2.45, 2.75) is 13.5 Å². The molecule has 3 rings (SSSR count). The van der Waals surface area contributed by atoms with E-state index < -0.39 is 5.97 Å². The lowest BCUT2D eigenvalue weighted by Gasteiger charge is -2.11. The lowest BCUT2D eigenvalue weighted by molar-refractivity contribution is 0.0602. The Labute approximate surface area is 163 Å². The first kappa shape index (κ1) is 19.1. The maximum Gasteiger partial charge on any atom is 0.339 e. The third-order valence-corrected chi connectivity index (χ3v) is 4.20. The number of amides is 1. The molecular formula is C22H21N3O3. The predicted molar refractivity (Wildman–Crippen MR) is 108 cm³/mol. The Balaban J connectivity index is 1.70. The number of rotatable bonds is 6. The van der Waals surface area contributed by atoms with E-state index >= 15 is 0 Å². The van der Waals surface area contributed by atoms with E-state index in [4.69, 9.17) is 4.74 Å². The molecule has 2 N–H and O–H groups in total. The number of ether oxygens (including phenoxy) is 1. The van der Waals surface area contributed by atoms with Gasteiger partial charge in [-0.15, -0.1) is 0 Å². The molecule has 0 aliphatic rings. The molecule has 2 aromatic carbocycles. The van der Waals surface area contributed by atoms with E-state index in [0.717, 1.165) is 11.3 Å². The molecule has 1 amide bonds. The standard InChI is InChI=1S/C22H21N3O3/c1-15-7-9-16(10-8-15)12-24-18-11-17(13-23-14-18)21(26)25-20-6-4-3-5-19(20)22(27)28-2/h3-11,13-14,24H,12H2,1-2H3,(H,25,26). The van der Waals surface area contributed by atoms with Crippen LogP contribution in [0.25, 0.3) is 0 Å². The molecular weight excluding hydrogens is 354 g/mol. The van der Waals surface area contributed by atoms with E-state index in [9.17, 15) is 9.59 Å². The van der Waals surface area contributed by atoms with Crippen molar-refractivity contribution >= 4 is 23.3 Å². The zero-order valence-electron chi connectivity index (χ0n) is 15.7. The fraction of sp³-hybridized carbons (Fsp3) is 0.136. The summed E-state index contributed by atoms with van der Waals surface area (Å²) >= 11 is 0. The van der Waals surface area contributed by atoms with Crippen LogP contribution < -0.4 is 10.6 Å². The fourth-order valence-corrected chi connectivity index (χ4v) is 2.65. The third kappa shape index (κ3) is 4.73. The zero-order valence-corrected chi connectivity index (χ0v) is 15.7. The molecule has 0 radical (unpaired) electrons. The summed E-state index contributed by atoms with van der Waals surface area (Å²) in [4.78, 5) is 28.6. The minimum absolute atomic E-state index is 0.292. The summed E-state index contributed by atoms with van der Waals surface area (Å²) in [5.74, 6) is -0.870. The number of aromatic nitrogens is 1. The summed E-state index contributed by atoms with van der Waals surface area (Å²) in [6.45, 7) is 2.67. The Morgan fingerprint density at radius 3 is 2.54 bits per heavy atom. The van der Waals surface area contributed by atoms with E-state index in [1.807, 2.05) is 6.92 Å². The van der Waals surface area contributed by atoms with Crippen LogP contribution in [0.2, 0.25) is 0 Å². The third-order valence-electron chi connectivity index (χ3n) is 4.20. The quantitative estimate of drug-likeness (QED) is 0.636. The Hall–Kier alpha value is -3.67. The van der Waals surface area contributed by atoms with Crippen molar-refractivity contribution in [1.82, 2.24) is 4.98 Å². The number of anilines is 2. The molecule has 0 atom stereocenters. The number of pyridine rings is 1. The topological polar surface area (TPSA) is 80.3 Å². The average molecular weight is 375 g/mol. The van der Waals surface area contributed by atoms with Crippen molar-refractivity contribution in [2.24, 2.45) is 0 Å². The molecule has 0 aliphatic heterocycles. The Morgan fingerprint density at radius 1 is 1.04 bits per heavy atom. The molecule has 0 spiro atoms. The number of carbonyl (C=O) groups is 2. The molecule has 142 valence electrons. The number of esters is 1. The van der Waals surface area contributed by atoms with Gasteiger partial charge in [0.05, 0.1) is 29.6 Å². The van der Waals surface area contributed by atoms with Crippen molar-refractivity contribution in [2.75, 3.05) is 17.7 Å². The fourth-order valence-electron chi connectivity index (χ4n) is 2.65. The normalized spacial score (nSPS) is 10.2. The van der Waals surface area contributed by atoms with Crippen LogP contribution in [-0.2, 0) is 11.3 Å². The van der Waals surface area contributed by atoms with E-state index in [-0.39, 0.29) is 5.91 Å². The second-order valence-electron chi connectivity index (χ2n) is 6.29. The highest BCUT2D eigenvalue weighted by atomic mass is 16.5. The van der Waals surface area contributed by atoms with Crippen LogP contribution in [-0.4, -0.2) is 24.0 Å². The number of hydrogen-bond acceptors (Lipinski definition) is 5. The monoisotopic (exact) mass is 375 g/mol. The van der Waals surface area contributed by atoms with Crippen LogP contribution >= 0.6 is 0 Å². The number of para-hydroxylation sites is 1. The van der Waals surface area contributed by atoms with Gasteiger partial charge in [-0.3, -0.25) is 9.78 Å². The molecule has 28 heavy (non-hydrogen) atoms. The van der Waals surface area contributed by atoms with Crippen LogP contribution in [0.15, 0.2) is 67.0 Å². The van der Waals surface area contributed by atoms with Gasteiger partial charge in [-0.05, 0) is 30.7 Å². The summed E-state index contributed by atoms with van der Waals surface area (Å²) in [5.41, 5.74) is 4.13. The molecule has 1 heterocycles. The lowest BCUT2D eigenvalue weighted by atomic mass is 10.1. The second-order valence-corrected chi connectivity index (χ2v) is 6.29. The Kier molecular flexibility index (Phi) is 6.01. The maximum atomic E-state index is 12.6. The molecule has 1 aromatic heterocycles. The van der Waals surface area contributed by atoms with Crippen molar-refractivity contribution in [3.8, 4) is 0 Å². The predicted octanol–water partition coefficient (Wildman–Crippen LogP) is 4.04. The molecule has 0 unspecified atom stereocenters. The van der Waals surface area contributed by atoms with E-state index in [2.05, 4.69) is 39.9 Å². The molecule has 6 nitrogen and oxygen atoms in total. The molecule has 0 bridgehead atoms. The van der Waals surface area contributed by atoms with Crippen molar-refractivity contribution in [3.63, 3.8) is 0 Å². The van der Waals surface area contributed by atoms with E-state index in [0.29, 0.717) is 23.4 Å². The molecule has 3 aromatic rings. The van der Waals surface area contributed by atoms with Crippen LogP contribution in [0.4, 0.5) is 11.4 Å². The lowest BCUT2D eigenvalue weighted by Crippen LogP contribution is -2.16. The summed E-state index contributed by atoms with van der Waals surface area (Å²) in [6, 6.07) is 16.6. The molecule has 0 saturated heterocycles. The average Bonchev–Trinajstić information content (AvgIpc) is 2.73. The van der Waals surface area contributed by atoms with Gasteiger partial charge in [-0.25, -0.2) is 4.79 Å². The molecule has 0 aliphatic carbocycles. The van der Waals surface area contributed by atoms with Gasteiger partial charge < -0.3 is 15.4 Å². The van der Waals surface area contributed by atoms with Gasteiger partial charge in [0.25, 0.3) is 5.91 Å².